The van der Waals surface area contributed by atoms with E-state index >= 15 is 0 Å². The lowest BCUT2D eigenvalue weighted by atomic mass is 10.2. The maximum Gasteiger partial charge on any atom is 0.319 e. The van der Waals surface area contributed by atoms with Gasteiger partial charge in [-0.1, -0.05) is 0 Å². The Bertz CT molecular complexity index is 582. The summed E-state index contributed by atoms with van der Waals surface area (Å²) in [7, 11) is 1.57. The predicted molar refractivity (Wildman–Crippen MR) is 82.2 cm³/mol. The van der Waals surface area contributed by atoms with Crippen LogP contribution in [0, 0.1) is 6.08 Å². The molecule has 0 aliphatic rings. The summed E-state index contributed by atoms with van der Waals surface area (Å²) in [6, 6.07) is 0. The molecule has 112 valence electrons. The van der Waals surface area contributed by atoms with Crippen LogP contribution in [-0.4, -0.2) is 45.4 Å². The van der Waals surface area contributed by atoms with E-state index in [4.69, 9.17) is 0 Å². The fourth-order valence-corrected chi connectivity index (χ4v) is 2.15. The van der Waals surface area contributed by atoms with Gasteiger partial charge in [-0.2, -0.15) is 4.39 Å². The molecule has 0 unspecified atom stereocenters. The van der Waals surface area contributed by atoms with E-state index in [1.807, 2.05) is 0 Å². The van der Waals surface area contributed by atoms with E-state index in [1.54, 1.807) is 27.0 Å². The van der Waals surface area contributed by atoms with Crippen molar-refractivity contribution in [2.45, 2.75) is 18.6 Å². The highest BCUT2D eigenvalue weighted by molar-refractivity contribution is 8.06. The average Bonchev–Trinajstić information content (AvgIpc) is 2.41. The third-order valence-electron chi connectivity index (χ3n) is 2.22. The molecule has 0 aliphatic heterocycles. The van der Waals surface area contributed by atoms with Gasteiger partial charge in [0.25, 0.3) is 0 Å². The SMILES string of the molecule is CN=CN=C/C(=C/c1cnc(F)nc1)SC(C)(C)C(=O)O. The first kappa shape index (κ1) is 17.0. The standard InChI is InChI=1S/C13H15FN4O2S/c1-13(2,11(19)20)21-10(7-16-8-15-3)4-9-5-17-12(14)18-6-9/h4-8H,1-3H3,(H,19,20)/b10-4-,15-8?,16-7?. The molecule has 0 atom stereocenters. The second kappa shape index (κ2) is 7.63. The lowest BCUT2D eigenvalue weighted by Crippen LogP contribution is -2.27. The van der Waals surface area contributed by atoms with Crippen molar-refractivity contribution < 1.29 is 14.3 Å². The highest BCUT2D eigenvalue weighted by Crippen LogP contribution is 2.32. The van der Waals surface area contributed by atoms with Crippen molar-refractivity contribution in [1.29, 1.82) is 0 Å². The molecule has 0 saturated heterocycles. The molecule has 0 spiro atoms. The molecule has 0 amide bonds. The van der Waals surface area contributed by atoms with Crippen LogP contribution >= 0.6 is 11.8 Å². The Morgan fingerprint density at radius 3 is 2.57 bits per heavy atom. The summed E-state index contributed by atoms with van der Waals surface area (Å²) in [4.78, 5) is 26.3. The highest BCUT2D eigenvalue weighted by Gasteiger charge is 2.28. The summed E-state index contributed by atoms with van der Waals surface area (Å²) in [6.45, 7) is 3.16. The monoisotopic (exact) mass is 310 g/mol. The smallest absolute Gasteiger partial charge is 0.319 e. The number of allylic oxidation sites excluding steroid dienone is 1. The number of carboxylic acids is 1. The molecule has 1 N–H and O–H groups in total. The van der Waals surface area contributed by atoms with Crippen LogP contribution in [0.25, 0.3) is 6.08 Å². The van der Waals surface area contributed by atoms with Crippen molar-refractivity contribution in [3.05, 3.63) is 28.9 Å². The average molecular weight is 310 g/mol. The molecule has 1 aromatic rings. The molecule has 0 aliphatic carbocycles. The molecule has 0 aromatic carbocycles. The van der Waals surface area contributed by atoms with Crippen LogP contribution in [0.15, 0.2) is 27.3 Å². The number of carbonyl (C=O) groups is 1. The maximum absolute atomic E-state index is 12.7. The zero-order valence-corrected chi connectivity index (χ0v) is 12.6. The number of thioether (sulfide) groups is 1. The molecule has 0 radical (unpaired) electrons. The number of aromatic nitrogens is 2. The summed E-state index contributed by atoms with van der Waals surface area (Å²) in [6.07, 6.45) is 6.23. The van der Waals surface area contributed by atoms with Gasteiger partial charge >= 0.3 is 12.0 Å². The van der Waals surface area contributed by atoms with E-state index in [1.165, 1.54) is 24.9 Å². The van der Waals surface area contributed by atoms with Crippen molar-refractivity contribution >= 4 is 36.4 Å². The zero-order chi connectivity index (χ0) is 15.9. The number of aliphatic carboxylic acids is 1. The van der Waals surface area contributed by atoms with Crippen LogP contribution in [0.1, 0.15) is 19.4 Å². The topological polar surface area (TPSA) is 87.8 Å². The Hall–Kier alpha value is -2.09. The van der Waals surface area contributed by atoms with Crippen molar-refractivity contribution in [1.82, 2.24) is 9.97 Å². The van der Waals surface area contributed by atoms with Crippen molar-refractivity contribution in [2.24, 2.45) is 9.98 Å². The van der Waals surface area contributed by atoms with Crippen LogP contribution < -0.4 is 0 Å². The summed E-state index contributed by atoms with van der Waals surface area (Å²) in [5.41, 5.74) is 0.542. The van der Waals surface area contributed by atoms with Gasteiger partial charge in [0.1, 0.15) is 11.1 Å². The first-order chi connectivity index (χ1) is 9.85. The van der Waals surface area contributed by atoms with Gasteiger partial charge in [-0.05, 0) is 19.9 Å². The van der Waals surface area contributed by atoms with Gasteiger partial charge < -0.3 is 5.11 Å². The number of halogens is 1. The lowest BCUT2D eigenvalue weighted by Gasteiger charge is -2.18. The van der Waals surface area contributed by atoms with Gasteiger partial charge in [-0.15, -0.1) is 11.8 Å². The van der Waals surface area contributed by atoms with E-state index in [0.29, 0.717) is 10.5 Å². The quantitative estimate of drug-likeness (QED) is 0.495. The normalized spacial score (nSPS) is 13.2. The summed E-state index contributed by atoms with van der Waals surface area (Å²) in [5, 5.41) is 9.17. The number of nitrogens with zero attached hydrogens (tertiary/aromatic N) is 4. The largest absolute Gasteiger partial charge is 0.480 e. The Morgan fingerprint density at radius 2 is 2.05 bits per heavy atom. The maximum atomic E-state index is 12.7. The lowest BCUT2D eigenvalue weighted by molar-refractivity contribution is -0.138. The van der Waals surface area contributed by atoms with E-state index in [9.17, 15) is 14.3 Å². The van der Waals surface area contributed by atoms with Gasteiger partial charge in [0.15, 0.2) is 0 Å². The number of hydrogen-bond acceptors (Lipinski definition) is 5. The Kier molecular flexibility index (Phi) is 6.16. The van der Waals surface area contributed by atoms with Crippen molar-refractivity contribution in [3.8, 4) is 0 Å². The van der Waals surface area contributed by atoms with Gasteiger partial charge in [-0.25, -0.2) is 15.0 Å². The fraction of sp³-hybridized carbons (Fsp3) is 0.308. The molecule has 6 nitrogen and oxygen atoms in total. The first-order valence-corrected chi connectivity index (χ1v) is 6.72. The van der Waals surface area contributed by atoms with E-state index in [0.717, 1.165) is 11.8 Å². The molecular formula is C13H15FN4O2S. The number of rotatable bonds is 6. The summed E-state index contributed by atoms with van der Waals surface area (Å²) >= 11 is 1.11. The summed E-state index contributed by atoms with van der Waals surface area (Å²) in [5.74, 6) is -0.952. The van der Waals surface area contributed by atoms with Crippen LogP contribution in [0.3, 0.4) is 0 Å². The third-order valence-corrected chi connectivity index (χ3v) is 3.37. The van der Waals surface area contributed by atoms with Crippen LogP contribution in [0.2, 0.25) is 0 Å². The first-order valence-electron chi connectivity index (χ1n) is 5.90. The zero-order valence-electron chi connectivity index (χ0n) is 11.8. The van der Waals surface area contributed by atoms with Gasteiger partial charge in [0.2, 0.25) is 0 Å². The molecule has 1 rings (SSSR count). The van der Waals surface area contributed by atoms with E-state index in [2.05, 4.69) is 20.0 Å². The highest BCUT2D eigenvalue weighted by atomic mass is 32.2. The molecule has 21 heavy (non-hydrogen) atoms. The van der Waals surface area contributed by atoms with Gasteiger partial charge in [0, 0.05) is 36.1 Å². The number of hydrogen-bond donors (Lipinski definition) is 1. The van der Waals surface area contributed by atoms with Crippen molar-refractivity contribution in [2.75, 3.05) is 7.05 Å². The van der Waals surface area contributed by atoms with E-state index in [-0.39, 0.29) is 0 Å². The molecule has 0 fully saturated rings. The molecule has 0 bridgehead atoms. The van der Waals surface area contributed by atoms with Crippen molar-refractivity contribution in [3.63, 3.8) is 0 Å². The Balaban J connectivity index is 3.07. The third kappa shape index (κ3) is 5.82. The minimum absolute atomic E-state index is 0.542. The second-order valence-electron chi connectivity index (χ2n) is 4.40. The van der Waals surface area contributed by atoms with Crippen LogP contribution in [0.4, 0.5) is 4.39 Å². The Labute approximate surface area is 126 Å². The number of carboxylic acid groups (broad SMARTS) is 1. The van der Waals surface area contributed by atoms with Gasteiger partial charge in [0.05, 0.1) is 0 Å². The second-order valence-corrected chi connectivity index (χ2v) is 6.10. The molecule has 8 heteroatoms. The Morgan fingerprint density at radius 1 is 1.43 bits per heavy atom. The van der Waals surface area contributed by atoms with Crippen LogP contribution in [-0.2, 0) is 4.79 Å². The molecule has 1 aromatic heterocycles. The van der Waals surface area contributed by atoms with Crippen LogP contribution in [0.5, 0.6) is 0 Å². The molecular weight excluding hydrogens is 295 g/mol. The minimum Gasteiger partial charge on any atom is -0.480 e. The molecule has 1 heterocycles. The van der Waals surface area contributed by atoms with E-state index < -0.39 is 16.8 Å². The van der Waals surface area contributed by atoms with Gasteiger partial charge in [-0.3, -0.25) is 9.79 Å². The minimum atomic E-state index is -1.04. The number of aliphatic imine (C=N–C) groups is 2. The molecule has 0 saturated carbocycles. The summed E-state index contributed by atoms with van der Waals surface area (Å²) < 4.78 is 11.6. The fourth-order valence-electron chi connectivity index (χ4n) is 1.17. The predicted octanol–water partition coefficient (Wildman–Crippen LogP) is 2.28.